The van der Waals surface area contributed by atoms with E-state index in [1.165, 1.54) is 0 Å². The maximum atomic E-state index is 12.4. The Morgan fingerprint density at radius 1 is 1.10 bits per heavy atom. The first kappa shape index (κ1) is 15.8. The van der Waals surface area contributed by atoms with Gasteiger partial charge in [0.1, 0.15) is 10.8 Å². The molecule has 0 bridgehead atoms. The maximum absolute atomic E-state index is 12.4. The summed E-state index contributed by atoms with van der Waals surface area (Å²) >= 11 is 11.9. The van der Waals surface area contributed by atoms with Crippen molar-refractivity contribution in [3.63, 3.8) is 0 Å². The number of rotatable bonds is 4. The van der Waals surface area contributed by atoms with Crippen LogP contribution in [0.1, 0.15) is 35.5 Å². The summed E-state index contributed by atoms with van der Waals surface area (Å²) in [7, 11) is 0. The molecule has 1 amide bonds. The molecule has 0 radical (unpaired) electrons. The fourth-order valence-corrected chi connectivity index (χ4v) is 2.49. The standard InChI is InChI=1S/C16H16Cl2N2O/c1-3-10-6-5-7-11(4-2)14(10)20-16(21)15-12(17)8-9-13(18)19-15/h5-9H,3-4H2,1-2H3,(H,20,21). The van der Waals surface area contributed by atoms with Crippen molar-refractivity contribution in [1.82, 2.24) is 4.98 Å². The van der Waals surface area contributed by atoms with Gasteiger partial charge in [0, 0.05) is 5.69 Å². The van der Waals surface area contributed by atoms with E-state index < -0.39 is 0 Å². The van der Waals surface area contributed by atoms with Crippen LogP contribution in [0.25, 0.3) is 0 Å². The van der Waals surface area contributed by atoms with E-state index in [1.54, 1.807) is 12.1 Å². The molecule has 0 aliphatic carbocycles. The van der Waals surface area contributed by atoms with E-state index in [0.717, 1.165) is 29.7 Å². The second-order valence-corrected chi connectivity index (χ2v) is 5.37. The van der Waals surface area contributed by atoms with Gasteiger partial charge in [0.05, 0.1) is 5.02 Å². The SMILES string of the molecule is CCc1cccc(CC)c1NC(=O)c1nc(Cl)ccc1Cl. The van der Waals surface area contributed by atoms with Crippen molar-refractivity contribution in [3.05, 3.63) is 57.3 Å². The lowest BCUT2D eigenvalue weighted by Crippen LogP contribution is -2.17. The summed E-state index contributed by atoms with van der Waals surface area (Å²) in [6, 6.07) is 9.12. The minimum atomic E-state index is -0.349. The largest absolute Gasteiger partial charge is 0.320 e. The van der Waals surface area contributed by atoms with Crippen molar-refractivity contribution in [1.29, 1.82) is 0 Å². The van der Waals surface area contributed by atoms with Gasteiger partial charge < -0.3 is 5.32 Å². The molecular weight excluding hydrogens is 307 g/mol. The van der Waals surface area contributed by atoms with Crippen molar-refractivity contribution in [3.8, 4) is 0 Å². The van der Waals surface area contributed by atoms with Gasteiger partial charge in [-0.15, -0.1) is 0 Å². The summed E-state index contributed by atoms with van der Waals surface area (Å²) in [5.74, 6) is -0.349. The quantitative estimate of drug-likeness (QED) is 0.824. The van der Waals surface area contributed by atoms with Gasteiger partial charge in [-0.2, -0.15) is 0 Å². The van der Waals surface area contributed by atoms with Gasteiger partial charge in [-0.25, -0.2) is 4.98 Å². The zero-order valence-electron chi connectivity index (χ0n) is 11.9. The molecule has 21 heavy (non-hydrogen) atoms. The fraction of sp³-hybridized carbons (Fsp3) is 0.250. The normalized spacial score (nSPS) is 10.5. The zero-order chi connectivity index (χ0) is 15.4. The average molecular weight is 323 g/mol. The van der Waals surface area contributed by atoms with Crippen LogP contribution < -0.4 is 5.32 Å². The highest BCUT2D eigenvalue weighted by atomic mass is 35.5. The second-order valence-electron chi connectivity index (χ2n) is 4.58. The second kappa shape index (κ2) is 6.92. The Balaban J connectivity index is 2.38. The van der Waals surface area contributed by atoms with E-state index in [9.17, 15) is 4.79 Å². The molecule has 2 aromatic rings. The van der Waals surface area contributed by atoms with E-state index >= 15 is 0 Å². The van der Waals surface area contributed by atoms with Gasteiger partial charge in [0.15, 0.2) is 0 Å². The Morgan fingerprint density at radius 2 is 1.71 bits per heavy atom. The molecule has 3 nitrogen and oxygen atoms in total. The summed E-state index contributed by atoms with van der Waals surface area (Å²) < 4.78 is 0. The molecule has 1 aromatic carbocycles. The van der Waals surface area contributed by atoms with Gasteiger partial charge in [0.2, 0.25) is 0 Å². The van der Waals surface area contributed by atoms with Crippen LogP contribution in [-0.4, -0.2) is 10.9 Å². The first-order chi connectivity index (χ1) is 10.1. The maximum Gasteiger partial charge on any atom is 0.275 e. The summed E-state index contributed by atoms with van der Waals surface area (Å²) in [6.45, 7) is 4.10. The molecule has 0 fully saturated rings. The van der Waals surface area contributed by atoms with Crippen LogP contribution in [0, 0.1) is 0 Å². The zero-order valence-corrected chi connectivity index (χ0v) is 13.4. The minimum Gasteiger partial charge on any atom is -0.320 e. The third-order valence-electron chi connectivity index (χ3n) is 3.26. The van der Waals surface area contributed by atoms with E-state index in [1.807, 2.05) is 18.2 Å². The van der Waals surface area contributed by atoms with Gasteiger partial charge in [-0.3, -0.25) is 4.79 Å². The Hall–Kier alpha value is -1.58. The molecule has 0 unspecified atom stereocenters. The highest BCUT2D eigenvalue weighted by Gasteiger charge is 2.16. The monoisotopic (exact) mass is 322 g/mol. The Bertz CT molecular complexity index is 649. The highest BCUT2D eigenvalue weighted by molar-refractivity contribution is 6.35. The molecule has 0 spiro atoms. The summed E-state index contributed by atoms with van der Waals surface area (Å²) in [5, 5.41) is 3.44. The topological polar surface area (TPSA) is 42.0 Å². The van der Waals surface area contributed by atoms with Crippen LogP contribution in [-0.2, 0) is 12.8 Å². The average Bonchev–Trinajstić information content (AvgIpc) is 2.49. The van der Waals surface area contributed by atoms with Crippen LogP contribution in [0.3, 0.4) is 0 Å². The predicted molar refractivity (Wildman–Crippen MR) is 87.4 cm³/mol. The lowest BCUT2D eigenvalue weighted by atomic mass is 10.0. The molecule has 1 aromatic heterocycles. The molecular formula is C16H16Cl2N2O. The van der Waals surface area contributed by atoms with E-state index in [2.05, 4.69) is 24.1 Å². The summed E-state index contributed by atoms with van der Waals surface area (Å²) in [4.78, 5) is 16.4. The van der Waals surface area contributed by atoms with E-state index in [-0.39, 0.29) is 21.8 Å². The Kier molecular flexibility index (Phi) is 5.21. The molecule has 5 heteroatoms. The molecule has 0 aliphatic heterocycles. The van der Waals surface area contributed by atoms with Crippen molar-refractivity contribution in [2.24, 2.45) is 0 Å². The van der Waals surface area contributed by atoms with Crippen molar-refractivity contribution in [2.75, 3.05) is 5.32 Å². The van der Waals surface area contributed by atoms with Gasteiger partial charge >= 0.3 is 0 Å². The van der Waals surface area contributed by atoms with Crippen molar-refractivity contribution < 1.29 is 4.79 Å². The molecule has 110 valence electrons. The third-order valence-corrected chi connectivity index (χ3v) is 3.78. The van der Waals surface area contributed by atoms with E-state index in [0.29, 0.717) is 0 Å². The van der Waals surface area contributed by atoms with Crippen LogP contribution in [0.2, 0.25) is 10.2 Å². The highest BCUT2D eigenvalue weighted by Crippen LogP contribution is 2.24. The van der Waals surface area contributed by atoms with Gasteiger partial charge in [-0.05, 0) is 36.1 Å². The minimum absolute atomic E-state index is 0.136. The molecule has 0 saturated heterocycles. The smallest absolute Gasteiger partial charge is 0.275 e. The number of amides is 1. The number of benzene rings is 1. The van der Waals surface area contributed by atoms with E-state index in [4.69, 9.17) is 23.2 Å². The number of nitrogens with zero attached hydrogens (tertiary/aromatic N) is 1. The number of nitrogens with one attached hydrogen (secondary N) is 1. The first-order valence-electron chi connectivity index (χ1n) is 6.81. The Morgan fingerprint density at radius 3 is 2.29 bits per heavy atom. The molecule has 0 atom stereocenters. The summed E-state index contributed by atoms with van der Waals surface area (Å²) in [6.07, 6.45) is 1.67. The number of para-hydroxylation sites is 1. The number of aromatic nitrogens is 1. The van der Waals surface area contributed by atoms with Crippen LogP contribution in [0.4, 0.5) is 5.69 Å². The number of carbonyl (C=O) groups is 1. The number of carbonyl (C=O) groups excluding carboxylic acids is 1. The van der Waals surface area contributed by atoms with Crippen LogP contribution >= 0.6 is 23.2 Å². The van der Waals surface area contributed by atoms with Crippen molar-refractivity contribution in [2.45, 2.75) is 26.7 Å². The first-order valence-corrected chi connectivity index (χ1v) is 7.56. The lowest BCUT2D eigenvalue weighted by molar-refractivity contribution is 0.102. The number of pyridine rings is 1. The number of hydrogen-bond acceptors (Lipinski definition) is 2. The third kappa shape index (κ3) is 3.55. The fourth-order valence-electron chi connectivity index (χ4n) is 2.15. The van der Waals surface area contributed by atoms with Crippen molar-refractivity contribution >= 4 is 34.8 Å². The van der Waals surface area contributed by atoms with Crippen LogP contribution in [0.5, 0.6) is 0 Å². The number of anilines is 1. The number of aryl methyl sites for hydroxylation is 2. The molecule has 1 N–H and O–H groups in total. The predicted octanol–water partition coefficient (Wildman–Crippen LogP) is 4.77. The lowest BCUT2D eigenvalue weighted by Gasteiger charge is -2.14. The summed E-state index contributed by atoms with van der Waals surface area (Å²) in [5.41, 5.74) is 3.14. The molecule has 0 saturated carbocycles. The van der Waals surface area contributed by atoms with Crippen LogP contribution in [0.15, 0.2) is 30.3 Å². The van der Waals surface area contributed by atoms with Gasteiger partial charge in [-0.1, -0.05) is 55.2 Å². The molecule has 2 rings (SSSR count). The van der Waals surface area contributed by atoms with Gasteiger partial charge in [0.25, 0.3) is 5.91 Å². The number of halogens is 2. The molecule has 1 heterocycles. The number of hydrogen-bond donors (Lipinski definition) is 1. The Labute approximate surface area is 134 Å². The molecule has 0 aliphatic rings.